The van der Waals surface area contributed by atoms with Gasteiger partial charge in [0.1, 0.15) is 0 Å². The highest BCUT2D eigenvalue weighted by molar-refractivity contribution is 7.80. The van der Waals surface area contributed by atoms with Gasteiger partial charge in [-0.3, -0.25) is 9.69 Å². The molecule has 1 aromatic carbocycles. The summed E-state index contributed by atoms with van der Waals surface area (Å²) in [7, 11) is 0. The van der Waals surface area contributed by atoms with Crippen molar-refractivity contribution < 1.29 is 4.79 Å². The van der Waals surface area contributed by atoms with E-state index in [-0.39, 0.29) is 5.91 Å². The van der Waals surface area contributed by atoms with Gasteiger partial charge in [-0.05, 0) is 31.6 Å². The van der Waals surface area contributed by atoms with Crippen molar-refractivity contribution in [1.82, 2.24) is 9.80 Å². The summed E-state index contributed by atoms with van der Waals surface area (Å²) in [5.41, 5.74) is 0.714. The first kappa shape index (κ1) is 14.4. The molecule has 0 radical (unpaired) electrons. The Labute approximate surface area is 121 Å². The molecule has 19 heavy (non-hydrogen) atoms. The molecule has 2 rings (SSSR count). The van der Waals surface area contributed by atoms with Gasteiger partial charge in [-0.15, -0.1) is 12.6 Å². The minimum absolute atomic E-state index is 0.111. The minimum Gasteiger partial charge on any atom is -0.337 e. The predicted octanol–water partition coefficient (Wildman–Crippen LogP) is 2.53. The number of benzene rings is 1. The van der Waals surface area contributed by atoms with E-state index in [1.54, 1.807) is 0 Å². The lowest BCUT2D eigenvalue weighted by Crippen LogP contribution is -2.38. The third-order valence-electron chi connectivity index (χ3n) is 3.91. The number of nitrogens with zero attached hydrogens (tertiary/aromatic N) is 2. The van der Waals surface area contributed by atoms with Gasteiger partial charge in [-0.1, -0.05) is 26.0 Å². The first-order valence-corrected chi connectivity index (χ1v) is 7.43. The molecule has 1 saturated heterocycles. The van der Waals surface area contributed by atoms with E-state index in [0.29, 0.717) is 11.6 Å². The third kappa shape index (κ3) is 3.12. The monoisotopic (exact) mass is 278 g/mol. The number of thiol groups is 1. The van der Waals surface area contributed by atoms with Gasteiger partial charge < -0.3 is 4.90 Å². The number of hydrogen-bond donors (Lipinski definition) is 1. The Hall–Kier alpha value is -1.00. The van der Waals surface area contributed by atoms with Crippen LogP contribution in [0, 0.1) is 0 Å². The van der Waals surface area contributed by atoms with E-state index in [1.165, 1.54) is 0 Å². The molecular weight excluding hydrogens is 256 g/mol. The van der Waals surface area contributed by atoms with Gasteiger partial charge in [0.15, 0.2) is 0 Å². The topological polar surface area (TPSA) is 23.6 Å². The van der Waals surface area contributed by atoms with Gasteiger partial charge in [0.05, 0.1) is 5.56 Å². The summed E-state index contributed by atoms with van der Waals surface area (Å²) in [6.07, 6.45) is 1.07. The summed E-state index contributed by atoms with van der Waals surface area (Å²) in [6.45, 7) is 8.14. The van der Waals surface area contributed by atoms with Crippen LogP contribution in [-0.2, 0) is 0 Å². The maximum Gasteiger partial charge on any atom is 0.255 e. The molecule has 1 aromatic rings. The number of likely N-dealkylation sites (N-methyl/N-ethyl adjacent to an activating group) is 1. The molecule has 0 saturated carbocycles. The number of likely N-dealkylation sites (tertiary alicyclic amines) is 1. The van der Waals surface area contributed by atoms with Gasteiger partial charge in [0.25, 0.3) is 5.91 Å². The molecule has 104 valence electrons. The lowest BCUT2D eigenvalue weighted by atomic mass is 10.2. The molecule has 1 atom stereocenters. The Morgan fingerprint density at radius 2 is 2.05 bits per heavy atom. The Kier molecular flexibility index (Phi) is 4.88. The van der Waals surface area contributed by atoms with Crippen molar-refractivity contribution in [3.8, 4) is 0 Å². The standard InChI is InChI=1S/C15H22N2OS/c1-3-16(4-2)12-9-10-17(11-12)15(18)13-7-5-6-8-14(13)19/h5-8,12,19H,3-4,9-11H2,1-2H3. The van der Waals surface area contributed by atoms with Gasteiger partial charge >= 0.3 is 0 Å². The van der Waals surface area contributed by atoms with Crippen molar-refractivity contribution in [3.05, 3.63) is 29.8 Å². The molecule has 0 bridgehead atoms. The smallest absolute Gasteiger partial charge is 0.255 e. The highest BCUT2D eigenvalue weighted by Crippen LogP contribution is 2.21. The van der Waals surface area contributed by atoms with Gasteiger partial charge in [-0.2, -0.15) is 0 Å². The van der Waals surface area contributed by atoms with Gasteiger partial charge in [0, 0.05) is 24.0 Å². The van der Waals surface area contributed by atoms with Crippen LogP contribution in [0.2, 0.25) is 0 Å². The van der Waals surface area contributed by atoms with Crippen molar-refractivity contribution in [3.63, 3.8) is 0 Å². The molecule has 1 unspecified atom stereocenters. The van der Waals surface area contributed by atoms with Crippen molar-refractivity contribution in [2.45, 2.75) is 31.2 Å². The van der Waals surface area contributed by atoms with Crippen molar-refractivity contribution in [2.75, 3.05) is 26.2 Å². The van der Waals surface area contributed by atoms with Crippen LogP contribution in [0.1, 0.15) is 30.6 Å². The SMILES string of the molecule is CCN(CC)C1CCN(C(=O)c2ccccc2S)C1. The number of hydrogen-bond acceptors (Lipinski definition) is 3. The first-order chi connectivity index (χ1) is 9.17. The zero-order chi connectivity index (χ0) is 13.8. The zero-order valence-electron chi connectivity index (χ0n) is 11.7. The molecule has 3 nitrogen and oxygen atoms in total. The average Bonchev–Trinajstić information content (AvgIpc) is 2.90. The predicted molar refractivity (Wildman–Crippen MR) is 80.9 cm³/mol. The Morgan fingerprint density at radius 3 is 2.68 bits per heavy atom. The average molecular weight is 278 g/mol. The molecule has 0 aliphatic carbocycles. The van der Waals surface area contributed by atoms with Gasteiger partial charge in [0.2, 0.25) is 0 Å². The van der Waals surface area contributed by atoms with Gasteiger partial charge in [-0.25, -0.2) is 0 Å². The first-order valence-electron chi connectivity index (χ1n) is 6.98. The summed E-state index contributed by atoms with van der Waals surface area (Å²) in [5, 5.41) is 0. The van der Waals surface area contributed by atoms with E-state index in [0.717, 1.165) is 37.5 Å². The number of rotatable bonds is 4. The normalized spacial score (nSPS) is 19.2. The van der Waals surface area contributed by atoms with E-state index in [4.69, 9.17) is 0 Å². The number of carbonyl (C=O) groups excluding carboxylic acids is 1. The second kappa shape index (κ2) is 6.44. The van der Waals surface area contributed by atoms with E-state index in [1.807, 2.05) is 29.2 Å². The molecule has 1 heterocycles. The van der Waals surface area contributed by atoms with Crippen molar-refractivity contribution >= 4 is 18.5 Å². The highest BCUT2D eigenvalue weighted by Gasteiger charge is 2.30. The Morgan fingerprint density at radius 1 is 1.37 bits per heavy atom. The quantitative estimate of drug-likeness (QED) is 0.856. The van der Waals surface area contributed by atoms with Crippen molar-refractivity contribution in [1.29, 1.82) is 0 Å². The summed E-state index contributed by atoms with van der Waals surface area (Å²) in [4.78, 5) is 17.6. The fraction of sp³-hybridized carbons (Fsp3) is 0.533. The molecule has 1 aliphatic rings. The summed E-state index contributed by atoms with van der Waals surface area (Å²) >= 11 is 4.37. The third-order valence-corrected chi connectivity index (χ3v) is 4.30. The van der Waals surface area contributed by atoms with Crippen LogP contribution in [0.3, 0.4) is 0 Å². The van der Waals surface area contributed by atoms with E-state index < -0.39 is 0 Å². The van der Waals surface area contributed by atoms with Crippen LogP contribution in [-0.4, -0.2) is 47.9 Å². The lowest BCUT2D eigenvalue weighted by Gasteiger charge is -2.26. The second-order valence-corrected chi connectivity index (χ2v) is 5.41. The molecule has 4 heteroatoms. The highest BCUT2D eigenvalue weighted by atomic mass is 32.1. The van der Waals surface area contributed by atoms with E-state index >= 15 is 0 Å². The van der Waals surface area contributed by atoms with Crippen LogP contribution in [0.25, 0.3) is 0 Å². The van der Waals surface area contributed by atoms with Crippen LogP contribution in [0.4, 0.5) is 0 Å². The molecule has 1 amide bonds. The largest absolute Gasteiger partial charge is 0.337 e. The number of amides is 1. The Bertz CT molecular complexity index is 446. The number of carbonyl (C=O) groups is 1. The molecule has 1 fully saturated rings. The summed E-state index contributed by atoms with van der Waals surface area (Å²) in [5.74, 6) is 0.111. The molecular formula is C15H22N2OS. The van der Waals surface area contributed by atoms with E-state index in [9.17, 15) is 4.79 Å². The summed E-state index contributed by atoms with van der Waals surface area (Å²) < 4.78 is 0. The van der Waals surface area contributed by atoms with Crippen molar-refractivity contribution in [2.24, 2.45) is 0 Å². The van der Waals surface area contributed by atoms with E-state index in [2.05, 4.69) is 31.4 Å². The van der Waals surface area contributed by atoms with Crippen LogP contribution in [0.15, 0.2) is 29.2 Å². The van der Waals surface area contributed by atoms with Crippen LogP contribution >= 0.6 is 12.6 Å². The summed E-state index contributed by atoms with van der Waals surface area (Å²) in [6, 6.07) is 8.03. The zero-order valence-corrected chi connectivity index (χ0v) is 12.6. The molecule has 0 aromatic heterocycles. The maximum atomic E-state index is 12.5. The lowest BCUT2D eigenvalue weighted by molar-refractivity contribution is 0.0774. The van der Waals surface area contributed by atoms with Crippen LogP contribution < -0.4 is 0 Å². The maximum absolute atomic E-state index is 12.5. The fourth-order valence-corrected chi connectivity index (χ4v) is 3.05. The minimum atomic E-state index is 0.111. The Balaban J connectivity index is 2.05. The molecule has 0 N–H and O–H groups in total. The fourth-order valence-electron chi connectivity index (χ4n) is 2.79. The van der Waals surface area contributed by atoms with Crippen LogP contribution in [0.5, 0.6) is 0 Å². The molecule has 1 aliphatic heterocycles. The second-order valence-electron chi connectivity index (χ2n) is 4.93. The molecule has 0 spiro atoms.